The molecule has 220 valence electrons. The second-order valence-corrected chi connectivity index (χ2v) is 12.5. The molecule has 42 heavy (non-hydrogen) atoms. The van der Waals surface area contributed by atoms with Crippen LogP contribution in [0.1, 0.15) is 51.2 Å². The van der Waals surface area contributed by atoms with E-state index in [9.17, 15) is 19.2 Å². The average Bonchev–Trinajstić information content (AvgIpc) is 3.73. The molecule has 0 aliphatic carbocycles. The Balaban J connectivity index is 1.65. The van der Waals surface area contributed by atoms with Gasteiger partial charge in [-0.15, -0.1) is 11.3 Å². The summed E-state index contributed by atoms with van der Waals surface area (Å²) in [6, 6.07) is 7.93. The van der Waals surface area contributed by atoms with E-state index in [4.69, 9.17) is 20.9 Å². The number of halogens is 1. The third-order valence-corrected chi connectivity index (χ3v) is 7.86. The molecule has 0 unspecified atom stereocenters. The maximum absolute atomic E-state index is 13.8. The van der Waals surface area contributed by atoms with Gasteiger partial charge in [0.15, 0.2) is 5.78 Å². The van der Waals surface area contributed by atoms with E-state index in [0.29, 0.717) is 43.0 Å². The number of nitrogens with one attached hydrogen (secondary N) is 1. The van der Waals surface area contributed by atoms with Crippen molar-refractivity contribution in [2.75, 3.05) is 31.6 Å². The zero-order valence-corrected chi connectivity index (χ0v) is 24.8. The second-order valence-electron chi connectivity index (χ2n) is 10.7. The molecule has 0 radical (unpaired) electrons. The number of carbonyl (C=O) groups is 3. The number of aromatic nitrogens is 4. The summed E-state index contributed by atoms with van der Waals surface area (Å²) in [5, 5.41) is 11.4. The summed E-state index contributed by atoms with van der Waals surface area (Å²) in [6.07, 6.45) is 2.44. The van der Waals surface area contributed by atoms with E-state index < -0.39 is 23.3 Å². The predicted octanol–water partition coefficient (Wildman–Crippen LogP) is 4.07. The molecule has 0 atom stereocenters. The van der Waals surface area contributed by atoms with E-state index in [0.717, 1.165) is 4.88 Å². The molecule has 1 fully saturated rings. The number of amides is 1. The molecule has 1 aliphatic rings. The van der Waals surface area contributed by atoms with Crippen molar-refractivity contribution in [1.29, 1.82) is 0 Å². The Morgan fingerprint density at radius 3 is 2.52 bits per heavy atom. The summed E-state index contributed by atoms with van der Waals surface area (Å²) in [7, 11) is 0. The van der Waals surface area contributed by atoms with Crippen LogP contribution in [0.4, 0.5) is 5.82 Å². The number of nitrogens with zero attached hydrogens (tertiary/aromatic N) is 5. The zero-order chi connectivity index (χ0) is 30.0. The number of thiophene rings is 1. The van der Waals surface area contributed by atoms with Crippen molar-refractivity contribution in [2.24, 2.45) is 5.41 Å². The lowest BCUT2D eigenvalue weighted by Crippen LogP contribution is -2.41. The highest BCUT2D eigenvalue weighted by atomic mass is 35.5. The van der Waals surface area contributed by atoms with Crippen LogP contribution in [0.15, 0.2) is 52.1 Å². The minimum Gasteiger partial charge on any atom is -0.378 e. The SMILES string of the molecule is CC(C)(C)C(=O)n1nc(-c2c(C(=O)N3CCOCC3)ccc(=O)n2CC(=O)c2cnoc2)cc1NCc1ccc(Cl)s1. The molecule has 0 saturated carbocycles. The Kier molecular flexibility index (Phi) is 8.43. The minimum absolute atomic E-state index is 0.117. The molecule has 14 heteroatoms. The predicted molar refractivity (Wildman–Crippen MR) is 156 cm³/mol. The minimum atomic E-state index is -0.807. The Hall–Kier alpha value is -4.07. The van der Waals surface area contributed by atoms with Gasteiger partial charge in [-0.2, -0.15) is 9.78 Å². The van der Waals surface area contributed by atoms with Gasteiger partial charge in [0, 0.05) is 35.5 Å². The van der Waals surface area contributed by atoms with E-state index in [2.05, 4.69) is 15.6 Å². The Morgan fingerprint density at radius 2 is 1.88 bits per heavy atom. The summed E-state index contributed by atoms with van der Waals surface area (Å²) >= 11 is 7.49. The number of Topliss-reactive ketones (excluding diaryl/α,β-unsaturated/α-hetero) is 1. The quantitative estimate of drug-likeness (QED) is 0.291. The molecular formula is C28H29ClN6O6S. The second kappa shape index (κ2) is 12.0. The maximum Gasteiger partial charge on any atom is 0.256 e. The normalized spacial score (nSPS) is 13.8. The lowest BCUT2D eigenvalue weighted by molar-refractivity contribution is 0.0302. The first kappa shape index (κ1) is 29.4. The smallest absolute Gasteiger partial charge is 0.256 e. The number of hydrogen-bond acceptors (Lipinski definition) is 10. The standard InChI is InChI=1S/C28H29ClN6O6S/c1-28(2,3)27(39)35-23(30-14-18-4-6-22(29)42-18)12-20(32-35)25-19(26(38)33-8-10-40-11-9-33)5-7-24(37)34(25)15-21(36)17-13-31-41-16-17/h4-7,12-13,16,30H,8-11,14-15H2,1-3H3. The number of rotatable bonds is 8. The van der Waals surface area contributed by atoms with Gasteiger partial charge in [-0.25, -0.2) is 0 Å². The zero-order valence-electron chi connectivity index (χ0n) is 23.3. The third-order valence-electron chi connectivity index (χ3n) is 6.63. The van der Waals surface area contributed by atoms with Crippen LogP contribution in [-0.2, 0) is 17.8 Å². The van der Waals surface area contributed by atoms with Gasteiger partial charge < -0.3 is 19.5 Å². The molecule has 0 bridgehead atoms. The Bertz CT molecular complexity index is 1680. The van der Waals surface area contributed by atoms with E-state index in [1.165, 1.54) is 45.2 Å². The first-order valence-electron chi connectivity index (χ1n) is 13.2. The van der Waals surface area contributed by atoms with Crippen molar-refractivity contribution in [1.82, 2.24) is 24.4 Å². The van der Waals surface area contributed by atoms with Crippen LogP contribution in [0.25, 0.3) is 11.4 Å². The summed E-state index contributed by atoms with van der Waals surface area (Å²) in [6.45, 7) is 6.73. The van der Waals surface area contributed by atoms with Crippen molar-refractivity contribution in [3.63, 3.8) is 0 Å². The number of ketones is 1. The highest BCUT2D eigenvalue weighted by molar-refractivity contribution is 7.16. The van der Waals surface area contributed by atoms with Crippen molar-refractivity contribution >= 4 is 46.4 Å². The Labute approximate surface area is 249 Å². The molecule has 1 amide bonds. The van der Waals surface area contributed by atoms with Crippen molar-refractivity contribution < 1.29 is 23.6 Å². The van der Waals surface area contributed by atoms with Gasteiger partial charge >= 0.3 is 0 Å². The molecule has 1 saturated heterocycles. The summed E-state index contributed by atoms with van der Waals surface area (Å²) in [5.41, 5.74) is -0.702. The van der Waals surface area contributed by atoms with Gasteiger partial charge in [0.2, 0.25) is 0 Å². The first-order valence-corrected chi connectivity index (χ1v) is 14.4. The molecule has 1 aliphatic heterocycles. The van der Waals surface area contributed by atoms with Crippen LogP contribution in [0, 0.1) is 5.41 Å². The number of anilines is 1. The van der Waals surface area contributed by atoms with Gasteiger partial charge in [0.1, 0.15) is 17.8 Å². The van der Waals surface area contributed by atoms with Crippen molar-refractivity contribution in [3.05, 3.63) is 73.5 Å². The maximum atomic E-state index is 13.8. The summed E-state index contributed by atoms with van der Waals surface area (Å²) in [5.74, 6) is -0.757. The molecule has 0 aromatic carbocycles. The van der Waals surface area contributed by atoms with E-state index in [-0.39, 0.29) is 34.3 Å². The van der Waals surface area contributed by atoms with E-state index in [1.54, 1.807) is 37.8 Å². The molecular weight excluding hydrogens is 584 g/mol. The number of morpholine rings is 1. The van der Waals surface area contributed by atoms with Crippen LogP contribution in [0.5, 0.6) is 0 Å². The lowest BCUT2D eigenvalue weighted by atomic mass is 9.96. The van der Waals surface area contributed by atoms with Crippen molar-refractivity contribution in [3.8, 4) is 11.4 Å². The topological polar surface area (TPSA) is 142 Å². The third kappa shape index (κ3) is 6.22. The van der Waals surface area contributed by atoms with Gasteiger partial charge in [0.05, 0.1) is 53.7 Å². The number of pyridine rings is 1. The number of hydrogen-bond donors (Lipinski definition) is 1. The Morgan fingerprint density at radius 1 is 1.12 bits per heavy atom. The van der Waals surface area contributed by atoms with Crippen LogP contribution in [0.2, 0.25) is 4.34 Å². The van der Waals surface area contributed by atoms with Crippen LogP contribution >= 0.6 is 22.9 Å². The van der Waals surface area contributed by atoms with Gasteiger partial charge in [-0.3, -0.25) is 23.7 Å². The van der Waals surface area contributed by atoms with Gasteiger partial charge in [-0.05, 0) is 18.2 Å². The summed E-state index contributed by atoms with van der Waals surface area (Å²) < 4.78 is 13.3. The fourth-order valence-electron chi connectivity index (χ4n) is 4.42. The molecule has 5 heterocycles. The van der Waals surface area contributed by atoms with Crippen LogP contribution < -0.4 is 10.9 Å². The number of ether oxygens (including phenoxy) is 1. The average molecular weight is 613 g/mol. The van der Waals surface area contributed by atoms with Crippen LogP contribution in [-0.4, -0.2) is 68.3 Å². The molecule has 4 aromatic heterocycles. The lowest BCUT2D eigenvalue weighted by Gasteiger charge is -2.28. The highest BCUT2D eigenvalue weighted by Gasteiger charge is 2.30. The molecule has 0 spiro atoms. The van der Waals surface area contributed by atoms with Gasteiger partial charge in [-0.1, -0.05) is 37.5 Å². The molecule has 12 nitrogen and oxygen atoms in total. The number of carbonyl (C=O) groups excluding carboxylic acids is 3. The van der Waals surface area contributed by atoms with E-state index in [1.807, 2.05) is 6.07 Å². The molecule has 4 aromatic rings. The fourth-order valence-corrected chi connectivity index (χ4v) is 5.45. The first-order chi connectivity index (χ1) is 20.0. The fraction of sp³-hybridized carbons (Fsp3) is 0.357. The molecule has 1 N–H and O–H groups in total. The summed E-state index contributed by atoms with van der Waals surface area (Å²) in [4.78, 5) is 56.2. The molecule has 5 rings (SSSR count). The van der Waals surface area contributed by atoms with Gasteiger partial charge in [0.25, 0.3) is 17.4 Å². The van der Waals surface area contributed by atoms with Crippen LogP contribution in [0.3, 0.4) is 0 Å². The van der Waals surface area contributed by atoms with E-state index >= 15 is 0 Å². The monoisotopic (exact) mass is 612 g/mol. The largest absolute Gasteiger partial charge is 0.378 e. The highest BCUT2D eigenvalue weighted by Crippen LogP contribution is 2.30. The van der Waals surface area contributed by atoms with Crippen molar-refractivity contribution in [2.45, 2.75) is 33.9 Å².